The van der Waals surface area contributed by atoms with E-state index < -0.39 is 0 Å². The Morgan fingerprint density at radius 3 is 2.65 bits per heavy atom. The molecule has 0 aliphatic heterocycles. The Bertz CT molecular complexity index is 1170. The van der Waals surface area contributed by atoms with Crippen LogP contribution in [0.25, 0.3) is 16.9 Å². The molecule has 0 fully saturated rings. The van der Waals surface area contributed by atoms with Gasteiger partial charge in [0.25, 0.3) is 0 Å². The van der Waals surface area contributed by atoms with Crippen LogP contribution < -0.4 is 10.6 Å². The zero-order valence-electron chi connectivity index (χ0n) is 18.2. The summed E-state index contributed by atoms with van der Waals surface area (Å²) in [6, 6.07) is 12.3. The van der Waals surface area contributed by atoms with Crippen molar-refractivity contribution in [3.05, 3.63) is 72.2 Å². The zero-order chi connectivity index (χ0) is 21.6. The molecule has 3 heterocycles. The number of guanidine groups is 1. The highest BCUT2D eigenvalue weighted by Gasteiger charge is 2.06. The molecule has 0 spiro atoms. The largest absolute Gasteiger partial charge is 0.356 e. The molecule has 0 atom stereocenters. The van der Waals surface area contributed by atoms with Crippen molar-refractivity contribution in [1.29, 1.82) is 0 Å². The fourth-order valence-electron chi connectivity index (χ4n) is 3.61. The number of para-hydroxylation sites is 2. The van der Waals surface area contributed by atoms with E-state index in [4.69, 9.17) is 0 Å². The Morgan fingerprint density at radius 1 is 1.03 bits per heavy atom. The Kier molecular flexibility index (Phi) is 6.26. The molecular formula is C23H28N8. The second-order valence-electron chi connectivity index (χ2n) is 7.37. The molecule has 0 saturated heterocycles. The van der Waals surface area contributed by atoms with E-state index in [-0.39, 0.29) is 0 Å². The van der Waals surface area contributed by atoms with E-state index in [1.165, 1.54) is 5.52 Å². The third kappa shape index (κ3) is 4.74. The molecule has 0 amide bonds. The van der Waals surface area contributed by atoms with Gasteiger partial charge in [-0.3, -0.25) is 9.56 Å². The van der Waals surface area contributed by atoms with Gasteiger partial charge in [-0.2, -0.15) is 0 Å². The van der Waals surface area contributed by atoms with Gasteiger partial charge in [-0.15, -0.1) is 0 Å². The van der Waals surface area contributed by atoms with Crippen LogP contribution in [0.1, 0.15) is 23.6 Å². The number of nitrogens with one attached hydrogen (secondary N) is 2. The summed E-state index contributed by atoms with van der Waals surface area (Å²) in [5, 5.41) is 6.73. The third-order valence-corrected chi connectivity index (χ3v) is 5.26. The van der Waals surface area contributed by atoms with Crippen molar-refractivity contribution >= 4 is 17.0 Å². The number of hydrogen-bond donors (Lipinski definition) is 2. The molecule has 8 nitrogen and oxygen atoms in total. The summed E-state index contributed by atoms with van der Waals surface area (Å²) >= 11 is 0. The van der Waals surface area contributed by atoms with E-state index in [2.05, 4.69) is 66.3 Å². The van der Waals surface area contributed by atoms with Gasteiger partial charge in [-0.1, -0.05) is 18.2 Å². The Morgan fingerprint density at radius 2 is 1.90 bits per heavy atom. The molecule has 31 heavy (non-hydrogen) atoms. The molecule has 1 aromatic carbocycles. The van der Waals surface area contributed by atoms with Crippen LogP contribution in [0.2, 0.25) is 0 Å². The summed E-state index contributed by atoms with van der Waals surface area (Å²) in [6.45, 7) is 6.41. The van der Waals surface area contributed by atoms with E-state index in [0.717, 1.165) is 54.0 Å². The smallest absolute Gasteiger partial charge is 0.191 e. The molecule has 160 valence electrons. The van der Waals surface area contributed by atoms with Crippen LogP contribution in [-0.4, -0.2) is 43.6 Å². The summed E-state index contributed by atoms with van der Waals surface area (Å²) in [5.41, 5.74) is 3.32. The Labute approximate surface area is 182 Å². The lowest BCUT2D eigenvalue weighted by Crippen LogP contribution is -2.37. The molecule has 0 bridgehead atoms. The van der Waals surface area contributed by atoms with Crippen LogP contribution in [0.4, 0.5) is 0 Å². The number of hydrogen-bond acceptors (Lipinski definition) is 4. The quantitative estimate of drug-likeness (QED) is 0.275. The van der Waals surface area contributed by atoms with Crippen molar-refractivity contribution < 1.29 is 0 Å². The molecule has 3 aromatic heterocycles. The second kappa shape index (κ2) is 9.42. The van der Waals surface area contributed by atoms with Gasteiger partial charge in [0.05, 0.1) is 11.0 Å². The first-order valence-electron chi connectivity index (χ1n) is 10.5. The number of pyridine rings is 1. The van der Waals surface area contributed by atoms with Crippen molar-refractivity contribution in [2.45, 2.75) is 33.4 Å². The average Bonchev–Trinajstić information content (AvgIpc) is 3.36. The second-order valence-corrected chi connectivity index (χ2v) is 7.37. The molecule has 0 aliphatic rings. The minimum Gasteiger partial charge on any atom is -0.356 e. The third-order valence-electron chi connectivity index (χ3n) is 5.26. The molecule has 8 heteroatoms. The van der Waals surface area contributed by atoms with Crippen LogP contribution in [0.15, 0.2) is 60.0 Å². The van der Waals surface area contributed by atoms with Gasteiger partial charge in [0.1, 0.15) is 17.5 Å². The fourth-order valence-corrected chi connectivity index (χ4v) is 3.61. The van der Waals surface area contributed by atoms with Crippen molar-refractivity contribution in [3.63, 3.8) is 0 Å². The fraction of sp³-hybridized carbons (Fsp3) is 0.304. The highest BCUT2D eigenvalue weighted by molar-refractivity contribution is 5.79. The highest BCUT2D eigenvalue weighted by atomic mass is 15.2. The first-order chi connectivity index (χ1) is 15.2. The number of rotatable bonds is 7. The summed E-state index contributed by atoms with van der Waals surface area (Å²) in [7, 11) is 1.78. The lowest BCUT2D eigenvalue weighted by Gasteiger charge is -2.13. The summed E-state index contributed by atoms with van der Waals surface area (Å²) in [5.74, 6) is 3.61. The maximum absolute atomic E-state index is 4.63. The highest BCUT2D eigenvalue weighted by Crippen LogP contribution is 2.15. The van der Waals surface area contributed by atoms with Gasteiger partial charge < -0.3 is 15.2 Å². The molecule has 0 radical (unpaired) electrons. The Balaban J connectivity index is 1.25. The maximum atomic E-state index is 4.63. The van der Waals surface area contributed by atoms with Gasteiger partial charge in [0.2, 0.25) is 0 Å². The van der Waals surface area contributed by atoms with Crippen molar-refractivity contribution in [2.75, 3.05) is 13.6 Å². The normalized spacial score (nSPS) is 11.8. The lowest BCUT2D eigenvalue weighted by atomic mass is 10.3. The molecule has 0 saturated carbocycles. The van der Waals surface area contributed by atoms with E-state index >= 15 is 0 Å². The monoisotopic (exact) mass is 416 g/mol. The van der Waals surface area contributed by atoms with Gasteiger partial charge in [0, 0.05) is 45.3 Å². The van der Waals surface area contributed by atoms with Crippen LogP contribution in [0.3, 0.4) is 0 Å². The Hall–Kier alpha value is -3.68. The van der Waals surface area contributed by atoms with Gasteiger partial charge in [0.15, 0.2) is 5.96 Å². The molecular weight excluding hydrogens is 388 g/mol. The number of aryl methyl sites for hydroxylation is 3. The van der Waals surface area contributed by atoms with Gasteiger partial charge >= 0.3 is 0 Å². The number of nitrogens with zero attached hydrogens (tertiary/aromatic N) is 6. The molecule has 4 aromatic rings. The number of imidazole rings is 2. The standard InChI is InChI=1S/C23H28N8/c1-17-25-12-14-31(17)22-10-9-19(15-27-22)16-28-23(24-3)26-11-6-13-30-18(2)29-20-7-4-5-8-21(20)30/h4-5,7-10,12,14-15H,6,11,13,16H2,1-3H3,(H2,24,26,28). The van der Waals surface area contributed by atoms with Gasteiger partial charge in [-0.25, -0.2) is 15.0 Å². The average molecular weight is 417 g/mol. The van der Waals surface area contributed by atoms with E-state index in [1.807, 2.05) is 36.0 Å². The van der Waals surface area contributed by atoms with Crippen molar-refractivity contribution in [2.24, 2.45) is 4.99 Å². The maximum Gasteiger partial charge on any atom is 0.191 e. The first kappa shape index (κ1) is 20.6. The predicted octanol–water partition coefficient (Wildman–Crippen LogP) is 2.99. The zero-order valence-corrected chi connectivity index (χ0v) is 18.2. The minimum absolute atomic E-state index is 0.654. The predicted molar refractivity (Wildman–Crippen MR) is 123 cm³/mol. The summed E-state index contributed by atoms with van der Waals surface area (Å²) < 4.78 is 4.23. The number of aromatic nitrogens is 5. The number of aliphatic imine (C=N–C) groups is 1. The molecule has 0 unspecified atom stereocenters. The topological polar surface area (TPSA) is 85.0 Å². The summed E-state index contributed by atoms with van der Waals surface area (Å²) in [6.07, 6.45) is 6.54. The SMILES string of the molecule is CN=C(NCCCn1c(C)nc2ccccc21)NCc1ccc(-n2ccnc2C)nc1. The van der Waals surface area contributed by atoms with E-state index in [1.54, 1.807) is 13.2 Å². The van der Waals surface area contributed by atoms with E-state index in [9.17, 15) is 0 Å². The van der Waals surface area contributed by atoms with Crippen LogP contribution >= 0.6 is 0 Å². The van der Waals surface area contributed by atoms with E-state index in [0.29, 0.717) is 6.54 Å². The minimum atomic E-state index is 0.654. The van der Waals surface area contributed by atoms with Crippen LogP contribution in [-0.2, 0) is 13.1 Å². The van der Waals surface area contributed by atoms with Crippen molar-refractivity contribution in [1.82, 2.24) is 34.7 Å². The molecule has 4 rings (SSSR count). The summed E-state index contributed by atoms with van der Waals surface area (Å²) in [4.78, 5) is 17.7. The van der Waals surface area contributed by atoms with Crippen LogP contribution in [0, 0.1) is 13.8 Å². The van der Waals surface area contributed by atoms with Crippen molar-refractivity contribution in [3.8, 4) is 5.82 Å². The first-order valence-corrected chi connectivity index (χ1v) is 10.5. The number of fused-ring (bicyclic) bond motifs is 1. The van der Waals surface area contributed by atoms with Gasteiger partial charge in [-0.05, 0) is 44.0 Å². The van der Waals surface area contributed by atoms with Crippen LogP contribution in [0.5, 0.6) is 0 Å². The molecule has 2 N–H and O–H groups in total. The molecule has 0 aliphatic carbocycles. The lowest BCUT2D eigenvalue weighted by molar-refractivity contribution is 0.624. The number of benzene rings is 1.